The summed E-state index contributed by atoms with van der Waals surface area (Å²) in [6, 6.07) is 16.0. The maximum absolute atomic E-state index is 12.9. The van der Waals surface area contributed by atoms with Gasteiger partial charge in [0.15, 0.2) is 11.4 Å². The number of aromatic nitrogens is 4. The standard InChI is InChI=1S/C24H27N7O2S.C15H20N6OS/c1-15-9-21(34-29-15)28-20-10-19(11-26-22(20)23(25)32)30-8-4-7-18(14-30)27-24(33)31-12-16-5-2-3-6-17(16)13-31;1-9-5-13(23-20-9)19-12-6-11(7-18-14(12)15(17)22)21-4-2-3-10(16)8-21/h2-3,5-6,9-11,18,28H,4,7-8,12-14H2,1H3,(H2,25,32)(H,27,33);5-7,10,19H,2-4,8,16H2,1H3,(H2,17,22)/t18-;10-/m11/s1. The van der Waals surface area contributed by atoms with Crippen LogP contribution < -0.4 is 43.0 Å². The van der Waals surface area contributed by atoms with Crippen molar-refractivity contribution in [2.45, 2.75) is 64.7 Å². The molecule has 298 valence electrons. The number of amides is 4. The minimum Gasteiger partial charge on any atom is -0.369 e. The van der Waals surface area contributed by atoms with Gasteiger partial charge in [-0.1, -0.05) is 24.3 Å². The van der Waals surface area contributed by atoms with Gasteiger partial charge in [0.25, 0.3) is 11.8 Å². The average Bonchev–Trinajstić information content (AvgIpc) is 3.94. The fraction of sp³-hybridized carbons (Fsp3) is 0.359. The number of carbonyl (C=O) groups excluding carboxylic acids is 3. The van der Waals surface area contributed by atoms with E-state index in [1.165, 1.54) is 34.2 Å². The largest absolute Gasteiger partial charge is 0.369 e. The normalized spacial score (nSPS) is 17.6. The van der Waals surface area contributed by atoms with E-state index in [4.69, 9.17) is 17.2 Å². The summed E-state index contributed by atoms with van der Waals surface area (Å²) in [6.45, 7) is 8.35. The van der Waals surface area contributed by atoms with Crippen molar-refractivity contribution in [2.24, 2.45) is 17.2 Å². The molecule has 0 aliphatic carbocycles. The molecule has 7 heterocycles. The van der Waals surface area contributed by atoms with E-state index in [9.17, 15) is 14.4 Å². The average molecular weight is 810 g/mol. The number of benzene rings is 1. The van der Waals surface area contributed by atoms with E-state index in [1.54, 1.807) is 12.4 Å². The number of hydrogen-bond acceptors (Lipinski definition) is 14. The van der Waals surface area contributed by atoms with Crippen molar-refractivity contribution in [1.82, 2.24) is 28.9 Å². The van der Waals surface area contributed by atoms with Crippen LogP contribution in [-0.4, -0.2) is 79.7 Å². The van der Waals surface area contributed by atoms with E-state index in [0.717, 1.165) is 78.1 Å². The highest BCUT2D eigenvalue weighted by Crippen LogP contribution is 2.31. The zero-order chi connectivity index (χ0) is 40.1. The Balaban J connectivity index is 0.000000188. The van der Waals surface area contributed by atoms with Crippen LogP contribution in [0.2, 0.25) is 0 Å². The molecule has 16 nitrogen and oxygen atoms in total. The molecule has 0 radical (unpaired) electrons. The van der Waals surface area contributed by atoms with Crippen LogP contribution in [0.3, 0.4) is 0 Å². The van der Waals surface area contributed by atoms with Crippen LogP contribution in [0.4, 0.5) is 37.5 Å². The fourth-order valence-corrected chi connectivity index (χ4v) is 8.61. The van der Waals surface area contributed by atoms with Crippen LogP contribution in [-0.2, 0) is 13.1 Å². The third kappa shape index (κ3) is 9.76. The first-order valence-electron chi connectivity index (χ1n) is 18.9. The molecular formula is C39H47N13O3S2. The van der Waals surface area contributed by atoms with Gasteiger partial charge in [0, 0.05) is 51.4 Å². The Kier molecular flexibility index (Phi) is 12.1. The first-order valence-corrected chi connectivity index (χ1v) is 20.4. The number of hydrogen-bond donors (Lipinski definition) is 6. The SMILES string of the molecule is Cc1cc(Nc2cc(N3CCC[C@@H](N)C3)cnc2C(N)=O)sn1.Cc1cc(Nc2cc(N3CCC[C@@H](NC(=O)N4Cc5ccccc5C4)C3)cnc2C(N)=O)sn1. The number of pyridine rings is 2. The van der Waals surface area contributed by atoms with Gasteiger partial charge in [0.05, 0.1) is 46.5 Å². The van der Waals surface area contributed by atoms with Gasteiger partial charge in [-0.05, 0) is 98.0 Å². The lowest BCUT2D eigenvalue weighted by Crippen LogP contribution is -2.50. The van der Waals surface area contributed by atoms with E-state index in [1.807, 2.05) is 55.1 Å². The smallest absolute Gasteiger partial charge is 0.318 e. The van der Waals surface area contributed by atoms with Crippen molar-refractivity contribution in [2.75, 3.05) is 46.6 Å². The highest BCUT2D eigenvalue weighted by molar-refractivity contribution is 7.10. The van der Waals surface area contributed by atoms with Crippen molar-refractivity contribution in [3.8, 4) is 0 Å². The number of carbonyl (C=O) groups is 3. The number of aryl methyl sites for hydroxylation is 2. The number of rotatable bonds is 9. The molecule has 3 aliphatic rings. The van der Waals surface area contributed by atoms with Crippen molar-refractivity contribution < 1.29 is 14.4 Å². The Labute approximate surface area is 339 Å². The van der Waals surface area contributed by atoms with Gasteiger partial charge in [-0.25, -0.2) is 14.8 Å². The van der Waals surface area contributed by atoms with Crippen LogP contribution in [0, 0.1) is 13.8 Å². The molecule has 57 heavy (non-hydrogen) atoms. The Bertz CT molecular complexity index is 2220. The molecule has 2 fully saturated rings. The summed E-state index contributed by atoms with van der Waals surface area (Å²) in [5.74, 6) is -1.15. The van der Waals surface area contributed by atoms with Crippen molar-refractivity contribution in [3.05, 3.63) is 94.8 Å². The van der Waals surface area contributed by atoms with Crippen molar-refractivity contribution in [3.63, 3.8) is 0 Å². The maximum Gasteiger partial charge on any atom is 0.318 e. The van der Waals surface area contributed by atoms with Crippen LogP contribution >= 0.6 is 23.1 Å². The van der Waals surface area contributed by atoms with E-state index < -0.39 is 11.8 Å². The number of fused-ring (bicyclic) bond motifs is 1. The van der Waals surface area contributed by atoms with Crippen molar-refractivity contribution in [1.29, 1.82) is 0 Å². The monoisotopic (exact) mass is 809 g/mol. The van der Waals surface area contributed by atoms with Crippen LogP contribution in [0.1, 0.15) is 69.2 Å². The first kappa shape index (κ1) is 39.4. The number of nitrogens with two attached hydrogens (primary N) is 3. The maximum atomic E-state index is 12.9. The van der Waals surface area contributed by atoms with Crippen LogP contribution in [0.25, 0.3) is 0 Å². The molecule has 0 bridgehead atoms. The summed E-state index contributed by atoms with van der Waals surface area (Å²) >= 11 is 2.65. The summed E-state index contributed by atoms with van der Waals surface area (Å²) in [4.78, 5) is 51.3. The predicted octanol–water partition coefficient (Wildman–Crippen LogP) is 5.00. The van der Waals surface area contributed by atoms with Crippen LogP contribution in [0.5, 0.6) is 0 Å². The second kappa shape index (κ2) is 17.5. The van der Waals surface area contributed by atoms with Gasteiger partial charge in [-0.15, -0.1) is 0 Å². The molecular weight excluding hydrogens is 763 g/mol. The number of nitrogens with one attached hydrogen (secondary N) is 3. The van der Waals surface area contributed by atoms with Crippen molar-refractivity contribution >= 4 is 73.7 Å². The Hall–Kier alpha value is -5.85. The zero-order valence-corrected chi connectivity index (χ0v) is 33.5. The van der Waals surface area contributed by atoms with Gasteiger partial charge < -0.3 is 47.9 Å². The summed E-state index contributed by atoms with van der Waals surface area (Å²) in [7, 11) is 0. The second-order valence-corrected chi connectivity index (χ2v) is 16.1. The van der Waals surface area contributed by atoms with E-state index in [2.05, 4.69) is 56.6 Å². The lowest BCUT2D eigenvalue weighted by molar-refractivity contribution is 0.0988. The van der Waals surface area contributed by atoms with Gasteiger partial charge in [0.2, 0.25) is 0 Å². The lowest BCUT2D eigenvalue weighted by Gasteiger charge is -2.35. The third-order valence-electron chi connectivity index (χ3n) is 10.1. The molecule has 5 aromatic rings. The van der Waals surface area contributed by atoms with E-state index in [0.29, 0.717) is 31.0 Å². The second-order valence-electron chi connectivity index (χ2n) is 14.5. The molecule has 9 N–H and O–H groups in total. The molecule has 0 unspecified atom stereocenters. The molecule has 2 atom stereocenters. The summed E-state index contributed by atoms with van der Waals surface area (Å²) in [6.07, 6.45) is 7.30. The van der Waals surface area contributed by atoms with Gasteiger partial charge >= 0.3 is 6.03 Å². The summed E-state index contributed by atoms with van der Waals surface area (Å²) in [5.41, 5.74) is 24.6. The van der Waals surface area contributed by atoms with Crippen LogP contribution in [0.15, 0.2) is 60.9 Å². The molecule has 18 heteroatoms. The minimum atomic E-state index is -0.592. The number of anilines is 6. The molecule has 3 aliphatic heterocycles. The Morgan fingerprint density at radius 2 is 1.25 bits per heavy atom. The number of urea groups is 1. The zero-order valence-electron chi connectivity index (χ0n) is 31.9. The quantitative estimate of drug-likeness (QED) is 0.116. The predicted molar refractivity (Wildman–Crippen MR) is 225 cm³/mol. The molecule has 1 aromatic carbocycles. The van der Waals surface area contributed by atoms with Gasteiger partial charge in [-0.2, -0.15) is 8.75 Å². The molecule has 4 aromatic heterocycles. The van der Waals surface area contributed by atoms with Gasteiger partial charge in [0.1, 0.15) is 10.0 Å². The summed E-state index contributed by atoms with van der Waals surface area (Å²) in [5, 5.41) is 11.3. The first-order chi connectivity index (χ1) is 27.5. The topological polar surface area (TPSA) is 227 Å². The lowest BCUT2D eigenvalue weighted by atomic mass is 10.1. The van der Waals surface area contributed by atoms with E-state index >= 15 is 0 Å². The molecule has 0 saturated carbocycles. The number of nitrogens with zero attached hydrogens (tertiary/aromatic N) is 7. The molecule has 4 amide bonds. The number of primary amides is 2. The molecule has 2 saturated heterocycles. The highest BCUT2D eigenvalue weighted by Gasteiger charge is 2.28. The third-order valence-corrected chi connectivity index (χ3v) is 11.6. The fourth-order valence-electron chi connectivity index (χ4n) is 7.26. The highest BCUT2D eigenvalue weighted by atomic mass is 32.1. The van der Waals surface area contributed by atoms with E-state index in [-0.39, 0.29) is 29.5 Å². The Morgan fingerprint density at radius 1 is 0.737 bits per heavy atom. The molecule has 8 rings (SSSR count). The number of piperidine rings is 2. The Morgan fingerprint density at radius 3 is 1.72 bits per heavy atom. The molecule has 0 spiro atoms. The van der Waals surface area contributed by atoms with Gasteiger partial charge in [-0.3, -0.25) is 9.59 Å². The summed E-state index contributed by atoms with van der Waals surface area (Å²) < 4.78 is 8.50. The minimum absolute atomic E-state index is 0.0290.